The van der Waals surface area contributed by atoms with Crippen LogP contribution in [0.3, 0.4) is 0 Å². The van der Waals surface area contributed by atoms with Crippen LogP contribution in [-0.2, 0) is 6.18 Å². The summed E-state index contributed by atoms with van der Waals surface area (Å²) in [5.41, 5.74) is 2.57. The van der Waals surface area contributed by atoms with Crippen molar-refractivity contribution in [3.05, 3.63) is 103 Å². The van der Waals surface area contributed by atoms with Gasteiger partial charge in [0, 0.05) is 42.3 Å². The van der Waals surface area contributed by atoms with E-state index in [1.807, 2.05) is 24.4 Å². The molecule has 0 saturated carbocycles. The van der Waals surface area contributed by atoms with E-state index in [1.54, 1.807) is 42.0 Å². The highest BCUT2D eigenvalue weighted by molar-refractivity contribution is 6.02. The molecule has 0 spiro atoms. The lowest BCUT2D eigenvalue weighted by atomic mass is 10.0. The molecule has 0 aliphatic carbocycles. The Hall–Kier alpha value is -6.05. The van der Waals surface area contributed by atoms with Gasteiger partial charge in [-0.1, -0.05) is 24.3 Å². The van der Waals surface area contributed by atoms with Gasteiger partial charge in [0.2, 0.25) is 0 Å². The lowest BCUT2D eigenvalue weighted by Crippen LogP contribution is -2.20. The summed E-state index contributed by atoms with van der Waals surface area (Å²) in [5, 5.41) is 12.3. The van der Waals surface area contributed by atoms with Crippen LogP contribution in [0.1, 0.15) is 5.56 Å². The van der Waals surface area contributed by atoms with Gasteiger partial charge in [-0.25, -0.2) is 24.3 Å². The molecule has 0 radical (unpaired) electrons. The van der Waals surface area contributed by atoms with Crippen LogP contribution in [0, 0.1) is 0 Å². The summed E-state index contributed by atoms with van der Waals surface area (Å²) >= 11 is 0. The summed E-state index contributed by atoms with van der Waals surface area (Å²) in [6.07, 6.45) is 4.61. The number of carbonyl (C=O) groups is 1. The Kier molecular flexibility index (Phi) is 7.45. The molecule has 0 fully saturated rings. The molecule has 0 bridgehead atoms. The van der Waals surface area contributed by atoms with Crippen LogP contribution >= 0.6 is 0 Å². The molecule has 14 heteroatoms. The molecule has 4 aromatic heterocycles. The molecule has 0 aliphatic rings. The Morgan fingerprint density at radius 2 is 1.68 bits per heavy atom. The molecule has 2 aromatic carbocycles. The Morgan fingerprint density at radius 3 is 2.39 bits per heavy atom. The second-order valence-electron chi connectivity index (χ2n) is 9.35. The Labute approximate surface area is 247 Å². The maximum absolute atomic E-state index is 13.4. The van der Waals surface area contributed by atoms with Gasteiger partial charge in [0.05, 0.1) is 35.5 Å². The van der Waals surface area contributed by atoms with Crippen LogP contribution in [0.5, 0.6) is 11.8 Å². The maximum Gasteiger partial charge on any atom is 0.416 e. The number of ether oxygens (including phenoxy) is 1. The fourth-order valence-corrected chi connectivity index (χ4v) is 4.34. The van der Waals surface area contributed by atoms with Gasteiger partial charge < -0.3 is 20.7 Å². The normalized spacial score (nSPS) is 11.3. The summed E-state index contributed by atoms with van der Waals surface area (Å²) in [6.45, 7) is 0. The van der Waals surface area contributed by atoms with Gasteiger partial charge in [0.1, 0.15) is 11.6 Å². The molecule has 44 heavy (non-hydrogen) atoms. The zero-order chi connectivity index (χ0) is 30.7. The Bertz CT molecular complexity index is 1930. The highest BCUT2D eigenvalue weighted by Gasteiger charge is 2.31. The summed E-state index contributed by atoms with van der Waals surface area (Å²) < 4.78 is 47.5. The van der Waals surface area contributed by atoms with Gasteiger partial charge in [0.15, 0.2) is 5.65 Å². The number of nitrogens with one attached hydrogen (secondary N) is 3. The van der Waals surface area contributed by atoms with Crippen LogP contribution in [0.15, 0.2) is 97.8 Å². The number of anilines is 3. The second kappa shape index (κ2) is 11.7. The molecule has 0 unspecified atom stereocenters. The van der Waals surface area contributed by atoms with Crippen molar-refractivity contribution in [1.29, 1.82) is 0 Å². The predicted molar refractivity (Wildman–Crippen MR) is 157 cm³/mol. The number of alkyl halides is 3. The first-order valence-electron chi connectivity index (χ1n) is 13.1. The van der Waals surface area contributed by atoms with Gasteiger partial charge in [0.25, 0.3) is 0 Å². The molecule has 11 nitrogen and oxygen atoms in total. The topological polar surface area (TPSA) is 131 Å². The van der Waals surface area contributed by atoms with E-state index in [4.69, 9.17) is 4.74 Å². The van der Waals surface area contributed by atoms with Crippen LogP contribution < -0.4 is 20.7 Å². The van der Waals surface area contributed by atoms with E-state index < -0.39 is 17.8 Å². The molecular formula is C30H22F3N9O2. The third-order valence-corrected chi connectivity index (χ3v) is 6.45. The Balaban J connectivity index is 1.12. The summed E-state index contributed by atoms with van der Waals surface area (Å²) in [6, 6.07) is 14.7. The number of carbonyl (C=O) groups excluding carboxylic acids is 1. The number of hydrogen-bond acceptors (Lipinski definition) is 8. The lowest BCUT2D eigenvalue weighted by molar-refractivity contribution is -0.137. The van der Waals surface area contributed by atoms with E-state index in [0.717, 1.165) is 29.1 Å². The number of aromatic nitrogens is 6. The zero-order valence-electron chi connectivity index (χ0n) is 22.9. The van der Waals surface area contributed by atoms with E-state index in [1.165, 1.54) is 30.9 Å². The number of benzene rings is 2. The maximum atomic E-state index is 13.4. The molecule has 0 atom stereocenters. The van der Waals surface area contributed by atoms with Gasteiger partial charge in [-0.3, -0.25) is 4.98 Å². The van der Waals surface area contributed by atoms with Crippen LogP contribution in [0.2, 0.25) is 0 Å². The molecule has 0 saturated heterocycles. The molecule has 2 amide bonds. The van der Waals surface area contributed by atoms with Gasteiger partial charge in [-0.2, -0.15) is 18.3 Å². The van der Waals surface area contributed by atoms with Crippen molar-refractivity contribution in [1.82, 2.24) is 29.5 Å². The lowest BCUT2D eigenvalue weighted by Gasteiger charge is -2.15. The number of rotatable bonds is 7. The van der Waals surface area contributed by atoms with E-state index in [-0.39, 0.29) is 17.4 Å². The molecule has 6 rings (SSSR count). The average Bonchev–Trinajstić information content (AvgIpc) is 3.45. The quantitative estimate of drug-likeness (QED) is 0.184. The molecule has 3 N–H and O–H groups in total. The minimum absolute atomic E-state index is 0.0248. The molecule has 6 aromatic rings. The minimum atomic E-state index is -4.59. The molecule has 220 valence electrons. The number of nitrogens with zero attached hydrogens (tertiary/aromatic N) is 6. The number of hydrogen-bond donors (Lipinski definition) is 3. The number of halogens is 3. The van der Waals surface area contributed by atoms with E-state index in [9.17, 15) is 18.0 Å². The smallest absolute Gasteiger partial charge is 0.416 e. The SMILES string of the molecule is CNc1ccn2ncc(-c3ccc(Oc4ncc(NC(=O)Nc5cc(C(F)(F)F)ccc5-c5cccnc5)cn4)cc3)c2n1. The van der Waals surface area contributed by atoms with Crippen molar-refractivity contribution in [3.63, 3.8) is 0 Å². The van der Waals surface area contributed by atoms with E-state index in [0.29, 0.717) is 22.5 Å². The molecule has 0 aliphatic heterocycles. The monoisotopic (exact) mass is 597 g/mol. The predicted octanol–water partition coefficient (Wildman–Crippen LogP) is 6.75. The Morgan fingerprint density at radius 1 is 0.886 bits per heavy atom. The standard InChI is InChI=1S/C30H22F3N9O2/c1-34-26-10-12-42-27(41-26)24(17-38-42)18-4-7-22(8-5-18)44-29-36-15-21(16-37-29)39-28(43)40-25-13-20(30(31,32)33)6-9-23(25)19-3-2-11-35-14-19/h2-17H,1H3,(H,34,41)(H2,39,40,43). The van der Waals surface area contributed by atoms with Crippen molar-refractivity contribution in [2.24, 2.45) is 0 Å². The van der Waals surface area contributed by atoms with Crippen molar-refractivity contribution in [2.45, 2.75) is 6.18 Å². The van der Waals surface area contributed by atoms with Crippen LogP contribution in [-0.4, -0.2) is 42.6 Å². The van der Waals surface area contributed by atoms with Crippen molar-refractivity contribution < 1.29 is 22.7 Å². The fraction of sp³-hybridized carbons (Fsp3) is 0.0667. The third kappa shape index (κ3) is 6.09. The largest absolute Gasteiger partial charge is 0.424 e. The van der Waals surface area contributed by atoms with Crippen molar-refractivity contribution in [2.75, 3.05) is 23.0 Å². The first kappa shape index (κ1) is 28.1. The van der Waals surface area contributed by atoms with Crippen molar-refractivity contribution >= 4 is 28.9 Å². The van der Waals surface area contributed by atoms with Crippen LogP contribution in [0.25, 0.3) is 27.9 Å². The van der Waals surface area contributed by atoms with Gasteiger partial charge in [-0.05, 0) is 42.0 Å². The number of fused-ring (bicyclic) bond motifs is 1. The van der Waals surface area contributed by atoms with Crippen molar-refractivity contribution in [3.8, 4) is 34.0 Å². The summed E-state index contributed by atoms with van der Waals surface area (Å²) in [5.74, 6) is 1.19. The third-order valence-electron chi connectivity index (χ3n) is 6.45. The zero-order valence-corrected chi connectivity index (χ0v) is 22.9. The minimum Gasteiger partial charge on any atom is -0.424 e. The van der Waals surface area contributed by atoms with Crippen LogP contribution in [0.4, 0.5) is 35.2 Å². The second-order valence-corrected chi connectivity index (χ2v) is 9.35. The van der Waals surface area contributed by atoms with E-state index >= 15 is 0 Å². The molecule has 4 heterocycles. The molecular weight excluding hydrogens is 575 g/mol. The number of amides is 2. The van der Waals surface area contributed by atoms with Gasteiger partial charge in [-0.15, -0.1) is 0 Å². The highest BCUT2D eigenvalue weighted by Crippen LogP contribution is 2.36. The average molecular weight is 598 g/mol. The first-order chi connectivity index (χ1) is 21.3. The fourth-order valence-electron chi connectivity index (χ4n) is 4.34. The number of urea groups is 1. The highest BCUT2D eigenvalue weighted by atomic mass is 19.4. The first-order valence-corrected chi connectivity index (χ1v) is 13.1. The van der Waals surface area contributed by atoms with E-state index in [2.05, 4.69) is 41.0 Å². The number of pyridine rings is 1. The summed E-state index contributed by atoms with van der Waals surface area (Å²) in [7, 11) is 1.79. The van der Waals surface area contributed by atoms with Gasteiger partial charge >= 0.3 is 18.2 Å². The summed E-state index contributed by atoms with van der Waals surface area (Å²) in [4.78, 5) is 29.5.